The van der Waals surface area contributed by atoms with Gasteiger partial charge in [-0.05, 0) is 41.8 Å². The monoisotopic (exact) mass is 396 g/mol. The number of carbonyl (C=O) groups is 3. The third kappa shape index (κ3) is 4.03. The molecule has 2 aromatic rings. The molecule has 1 fully saturated rings. The number of amides is 3. The molecule has 1 N–H and O–H groups in total. The minimum Gasteiger partial charge on any atom is -0.349 e. The van der Waals surface area contributed by atoms with Gasteiger partial charge in [0.1, 0.15) is 0 Å². The quantitative estimate of drug-likeness (QED) is 0.716. The van der Waals surface area contributed by atoms with Gasteiger partial charge in [-0.25, -0.2) is 4.68 Å². The van der Waals surface area contributed by atoms with E-state index in [0.29, 0.717) is 29.4 Å². The summed E-state index contributed by atoms with van der Waals surface area (Å²) in [4.78, 5) is 38.1. The van der Waals surface area contributed by atoms with Crippen molar-refractivity contribution in [2.45, 2.75) is 57.5 Å². The van der Waals surface area contributed by atoms with Crippen LogP contribution in [0.3, 0.4) is 0 Å². The summed E-state index contributed by atoms with van der Waals surface area (Å²) in [5.41, 5.74) is 0.855. The van der Waals surface area contributed by atoms with E-state index in [2.05, 4.69) is 20.8 Å². The van der Waals surface area contributed by atoms with Crippen molar-refractivity contribution in [1.82, 2.24) is 30.4 Å². The normalized spacial score (nSPS) is 16.9. The molecule has 1 aliphatic heterocycles. The Morgan fingerprint density at radius 2 is 1.76 bits per heavy atom. The first-order chi connectivity index (χ1) is 14.1. The Kier molecular flexibility index (Phi) is 5.64. The first kappa shape index (κ1) is 19.2. The third-order valence-electron chi connectivity index (χ3n) is 5.59. The number of nitrogens with one attached hydrogen (secondary N) is 1. The van der Waals surface area contributed by atoms with Crippen molar-refractivity contribution in [2.24, 2.45) is 0 Å². The lowest BCUT2D eigenvalue weighted by atomic mass is 9.95. The van der Waals surface area contributed by atoms with Crippen molar-refractivity contribution >= 4 is 17.7 Å². The maximum atomic E-state index is 12.3. The van der Waals surface area contributed by atoms with Crippen molar-refractivity contribution in [3.8, 4) is 0 Å². The number of fused-ring (bicyclic) bond motifs is 1. The molecule has 0 bridgehead atoms. The maximum Gasteiger partial charge on any atom is 0.261 e. The third-order valence-corrected chi connectivity index (χ3v) is 5.59. The van der Waals surface area contributed by atoms with Crippen LogP contribution < -0.4 is 5.32 Å². The molecule has 4 rings (SSSR count). The highest BCUT2D eigenvalue weighted by molar-refractivity contribution is 6.21. The fourth-order valence-electron chi connectivity index (χ4n) is 4.04. The van der Waals surface area contributed by atoms with E-state index in [4.69, 9.17) is 0 Å². The van der Waals surface area contributed by atoms with Gasteiger partial charge in [0.2, 0.25) is 5.91 Å². The van der Waals surface area contributed by atoms with Crippen molar-refractivity contribution in [1.29, 1.82) is 0 Å². The zero-order chi connectivity index (χ0) is 20.2. The number of hydrogen-bond acceptors (Lipinski definition) is 6. The number of imide groups is 1. The van der Waals surface area contributed by atoms with E-state index in [0.717, 1.165) is 12.8 Å². The summed E-state index contributed by atoms with van der Waals surface area (Å²) in [5, 5.41) is 14.7. The average Bonchev–Trinajstić information content (AvgIpc) is 3.32. The van der Waals surface area contributed by atoms with E-state index in [1.807, 2.05) is 4.68 Å². The van der Waals surface area contributed by atoms with E-state index in [-0.39, 0.29) is 37.2 Å². The minimum absolute atomic E-state index is 0.153. The molecule has 1 saturated carbocycles. The first-order valence-corrected chi connectivity index (χ1v) is 10.1. The number of rotatable bonds is 7. The molecule has 2 heterocycles. The second-order valence-electron chi connectivity index (χ2n) is 7.52. The molecule has 3 amide bonds. The molecule has 0 radical (unpaired) electrons. The lowest BCUT2D eigenvalue weighted by molar-refractivity contribution is -0.121. The molecule has 2 aliphatic rings. The lowest BCUT2D eigenvalue weighted by Crippen LogP contribution is -2.32. The topological polar surface area (TPSA) is 110 Å². The van der Waals surface area contributed by atoms with Gasteiger partial charge < -0.3 is 5.32 Å². The molecule has 0 spiro atoms. The van der Waals surface area contributed by atoms with Crippen LogP contribution in [0.25, 0.3) is 0 Å². The van der Waals surface area contributed by atoms with Crippen molar-refractivity contribution in [3.63, 3.8) is 0 Å². The summed E-state index contributed by atoms with van der Waals surface area (Å²) in [6, 6.07) is 7.08. The molecule has 29 heavy (non-hydrogen) atoms. The van der Waals surface area contributed by atoms with Crippen LogP contribution in [0.4, 0.5) is 0 Å². The number of hydrogen-bond donors (Lipinski definition) is 1. The maximum absolute atomic E-state index is 12.3. The van der Waals surface area contributed by atoms with Crippen LogP contribution in [0.1, 0.15) is 77.5 Å². The highest BCUT2D eigenvalue weighted by Crippen LogP contribution is 2.27. The second-order valence-corrected chi connectivity index (χ2v) is 7.52. The Morgan fingerprint density at radius 1 is 1.07 bits per heavy atom. The van der Waals surface area contributed by atoms with Gasteiger partial charge in [-0.3, -0.25) is 19.3 Å². The van der Waals surface area contributed by atoms with Crippen molar-refractivity contribution in [3.05, 3.63) is 41.2 Å². The molecule has 152 valence electrons. The van der Waals surface area contributed by atoms with Gasteiger partial charge in [0.15, 0.2) is 5.82 Å². The summed E-state index contributed by atoms with van der Waals surface area (Å²) >= 11 is 0. The van der Waals surface area contributed by atoms with Crippen LogP contribution in [0, 0.1) is 0 Å². The molecular formula is C20H24N6O3. The summed E-state index contributed by atoms with van der Waals surface area (Å²) in [7, 11) is 0. The SMILES string of the molecule is O=C(CCCN1C(=O)c2ccccc2C1=O)NCc1nnnn1C1CCCCC1. The van der Waals surface area contributed by atoms with Crippen LogP contribution in [-0.2, 0) is 11.3 Å². The van der Waals surface area contributed by atoms with Crippen LogP contribution in [-0.4, -0.2) is 49.4 Å². The minimum atomic E-state index is -0.294. The Morgan fingerprint density at radius 3 is 2.45 bits per heavy atom. The Labute approximate surface area is 168 Å². The van der Waals surface area contributed by atoms with Gasteiger partial charge in [-0.15, -0.1) is 5.10 Å². The molecular weight excluding hydrogens is 372 g/mol. The Hall–Kier alpha value is -3.10. The van der Waals surface area contributed by atoms with Crippen LogP contribution >= 0.6 is 0 Å². The first-order valence-electron chi connectivity index (χ1n) is 10.1. The number of tetrazole rings is 1. The highest BCUT2D eigenvalue weighted by atomic mass is 16.2. The van der Waals surface area contributed by atoms with Crippen LogP contribution in [0.2, 0.25) is 0 Å². The fraction of sp³-hybridized carbons (Fsp3) is 0.500. The Balaban J connectivity index is 1.24. The van der Waals surface area contributed by atoms with Crippen molar-refractivity contribution < 1.29 is 14.4 Å². The summed E-state index contributed by atoms with van der Waals surface area (Å²) in [6.07, 6.45) is 6.35. The summed E-state index contributed by atoms with van der Waals surface area (Å²) < 4.78 is 1.83. The lowest BCUT2D eigenvalue weighted by Gasteiger charge is -2.22. The summed E-state index contributed by atoms with van der Waals surface area (Å²) in [5.74, 6) is -0.0827. The number of nitrogens with zero attached hydrogens (tertiary/aromatic N) is 5. The molecule has 0 unspecified atom stereocenters. The highest BCUT2D eigenvalue weighted by Gasteiger charge is 2.34. The smallest absolute Gasteiger partial charge is 0.261 e. The summed E-state index contributed by atoms with van der Waals surface area (Å²) in [6.45, 7) is 0.495. The van der Waals surface area contributed by atoms with E-state index in [9.17, 15) is 14.4 Å². The van der Waals surface area contributed by atoms with E-state index >= 15 is 0 Å². The molecule has 0 saturated heterocycles. The van der Waals surface area contributed by atoms with Gasteiger partial charge in [0.05, 0.1) is 23.7 Å². The molecule has 9 heteroatoms. The predicted molar refractivity (Wildman–Crippen MR) is 103 cm³/mol. The van der Waals surface area contributed by atoms with Crippen molar-refractivity contribution in [2.75, 3.05) is 6.54 Å². The van der Waals surface area contributed by atoms with E-state index < -0.39 is 0 Å². The molecule has 1 aliphatic carbocycles. The molecule has 9 nitrogen and oxygen atoms in total. The van der Waals surface area contributed by atoms with Crippen LogP contribution in [0.15, 0.2) is 24.3 Å². The zero-order valence-corrected chi connectivity index (χ0v) is 16.2. The van der Waals surface area contributed by atoms with E-state index in [1.165, 1.54) is 24.2 Å². The number of aromatic nitrogens is 4. The van der Waals surface area contributed by atoms with Gasteiger partial charge in [0.25, 0.3) is 11.8 Å². The zero-order valence-electron chi connectivity index (χ0n) is 16.2. The van der Waals surface area contributed by atoms with Gasteiger partial charge in [-0.2, -0.15) is 0 Å². The molecule has 1 aromatic carbocycles. The molecule has 1 aromatic heterocycles. The van der Waals surface area contributed by atoms with Crippen LogP contribution in [0.5, 0.6) is 0 Å². The van der Waals surface area contributed by atoms with E-state index in [1.54, 1.807) is 24.3 Å². The van der Waals surface area contributed by atoms with Gasteiger partial charge in [0, 0.05) is 13.0 Å². The molecule has 0 atom stereocenters. The van der Waals surface area contributed by atoms with Gasteiger partial charge in [-0.1, -0.05) is 31.4 Å². The average molecular weight is 396 g/mol. The second kappa shape index (κ2) is 8.50. The Bertz CT molecular complexity index is 883. The number of benzene rings is 1. The standard InChI is InChI=1S/C20H24N6O3/c27-18(21-13-17-22-23-24-26(17)14-7-2-1-3-8-14)11-6-12-25-19(28)15-9-4-5-10-16(15)20(25)29/h4-5,9-10,14H,1-3,6-8,11-13H2,(H,21,27). The fourth-order valence-corrected chi connectivity index (χ4v) is 4.04. The predicted octanol–water partition coefficient (Wildman–Crippen LogP) is 1.87. The van der Waals surface area contributed by atoms with Gasteiger partial charge >= 0.3 is 0 Å². The number of carbonyl (C=O) groups excluding carboxylic acids is 3. The largest absolute Gasteiger partial charge is 0.349 e.